The zero-order valence-electron chi connectivity index (χ0n) is 11.0. The van der Waals surface area contributed by atoms with Crippen molar-refractivity contribution in [2.24, 2.45) is 5.41 Å². The van der Waals surface area contributed by atoms with E-state index in [1.54, 1.807) is 0 Å². The first-order valence-corrected chi connectivity index (χ1v) is 6.87. The number of nitrogens with zero attached hydrogens (tertiary/aromatic N) is 2. The second-order valence-corrected chi connectivity index (χ2v) is 6.80. The zero-order chi connectivity index (χ0) is 13.4. The molecular formula is C12H19N3O2S. The molecule has 6 heteroatoms. The van der Waals surface area contributed by atoms with E-state index in [1.807, 2.05) is 20.8 Å². The van der Waals surface area contributed by atoms with Crippen LogP contribution in [-0.2, 0) is 5.41 Å². The van der Waals surface area contributed by atoms with E-state index in [9.17, 15) is 9.90 Å². The van der Waals surface area contributed by atoms with Crippen LogP contribution in [0, 0.1) is 5.41 Å². The summed E-state index contributed by atoms with van der Waals surface area (Å²) in [4.78, 5) is 12.7. The van der Waals surface area contributed by atoms with Crippen LogP contribution in [0.25, 0.3) is 0 Å². The Kier molecular flexibility index (Phi) is 3.42. The molecule has 1 heterocycles. The van der Waals surface area contributed by atoms with E-state index in [0.29, 0.717) is 11.4 Å². The van der Waals surface area contributed by atoms with Crippen LogP contribution >= 0.6 is 11.5 Å². The van der Waals surface area contributed by atoms with Crippen molar-refractivity contribution in [2.75, 3.05) is 13.2 Å². The van der Waals surface area contributed by atoms with E-state index in [2.05, 4.69) is 14.9 Å². The number of nitrogens with one attached hydrogen (secondary N) is 1. The number of amides is 1. The summed E-state index contributed by atoms with van der Waals surface area (Å²) in [5.41, 5.74) is 0.475. The molecule has 1 fully saturated rings. The van der Waals surface area contributed by atoms with Gasteiger partial charge in [0.15, 0.2) is 0 Å². The molecule has 0 atom stereocenters. The fourth-order valence-corrected chi connectivity index (χ4v) is 2.54. The highest BCUT2D eigenvalue weighted by atomic mass is 32.1. The van der Waals surface area contributed by atoms with Crippen LogP contribution in [0.2, 0.25) is 0 Å². The molecule has 1 amide bonds. The molecule has 1 aromatic rings. The van der Waals surface area contributed by atoms with Crippen molar-refractivity contribution < 1.29 is 9.90 Å². The fourth-order valence-electron chi connectivity index (χ4n) is 1.75. The minimum atomic E-state index is -0.187. The summed E-state index contributed by atoms with van der Waals surface area (Å²) >= 11 is 1.13. The van der Waals surface area contributed by atoms with Gasteiger partial charge in [0.25, 0.3) is 5.91 Å². The Morgan fingerprint density at radius 3 is 2.67 bits per heavy atom. The van der Waals surface area contributed by atoms with E-state index in [0.717, 1.165) is 30.1 Å². The van der Waals surface area contributed by atoms with E-state index in [1.165, 1.54) is 0 Å². The minimum absolute atomic E-state index is 0.0737. The zero-order valence-corrected chi connectivity index (χ0v) is 11.8. The lowest BCUT2D eigenvalue weighted by Gasteiger charge is -2.17. The highest BCUT2D eigenvalue weighted by Crippen LogP contribution is 2.44. The molecule has 0 spiro atoms. The molecule has 1 aromatic heterocycles. The van der Waals surface area contributed by atoms with Crippen molar-refractivity contribution in [3.63, 3.8) is 0 Å². The molecule has 0 saturated heterocycles. The molecule has 0 unspecified atom stereocenters. The Bertz CT molecular complexity index is 446. The van der Waals surface area contributed by atoms with E-state index in [4.69, 9.17) is 0 Å². The number of aromatic nitrogens is 2. The van der Waals surface area contributed by atoms with Crippen molar-refractivity contribution in [2.45, 2.75) is 39.0 Å². The van der Waals surface area contributed by atoms with Crippen molar-refractivity contribution in [3.8, 4) is 0 Å². The van der Waals surface area contributed by atoms with Gasteiger partial charge in [-0.05, 0) is 24.4 Å². The summed E-state index contributed by atoms with van der Waals surface area (Å²) < 4.78 is 3.87. The van der Waals surface area contributed by atoms with Gasteiger partial charge in [0.05, 0.1) is 12.3 Å². The largest absolute Gasteiger partial charge is 0.396 e. The third-order valence-electron chi connectivity index (χ3n) is 3.32. The number of hydrogen-bond donors (Lipinski definition) is 2. The smallest absolute Gasteiger partial charge is 0.264 e. The van der Waals surface area contributed by atoms with Crippen LogP contribution < -0.4 is 5.32 Å². The molecule has 0 radical (unpaired) electrons. The van der Waals surface area contributed by atoms with E-state index >= 15 is 0 Å². The Balaban J connectivity index is 2.03. The molecule has 1 aliphatic carbocycles. The molecule has 0 bridgehead atoms. The summed E-state index contributed by atoms with van der Waals surface area (Å²) in [6.45, 7) is 6.70. The molecule has 1 aliphatic rings. The summed E-state index contributed by atoms with van der Waals surface area (Å²) in [6.07, 6.45) is 1.97. The third kappa shape index (κ3) is 2.70. The molecule has 100 valence electrons. The first-order valence-electron chi connectivity index (χ1n) is 6.10. The average molecular weight is 269 g/mol. The molecule has 2 rings (SSSR count). The number of carbonyl (C=O) groups is 1. The second kappa shape index (κ2) is 4.59. The van der Waals surface area contributed by atoms with Crippen molar-refractivity contribution >= 4 is 17.4 Å². The lowest BCUT2D eigenvalue weighted by molar-refractivity contribution is 0.0937. The number of aliphatic hydroxyl groups is 1. The third-order valence-corrected chi connectivity index (χ3v) is 4.05. The van der Waals surface area contributed by atoms with Crippen molar-refractivity contribution in [1.29, 1.82) is 0 Å². The van der Waals surface area contributed by atoms with Crippen LogP contribution in [0.4, 0.5) is 0 Å². The monoisotopic (exact) mass is 269 g/mol. The van der Waals surface area contributed by atoms with Gasteiger partial charge in [-0.3, -0.25) is 4.79 Å². The number of aliphatic hydroxyl groups excluding tert-OH is 1. The van der Waals surface area contributed by atoms with Gasteiger partial charge in [0.1, 0.15) is 4.88 Å². The standard InChI is InChI=1S/C12H19N3O2S/c1-11(2,3)9-8(18-15-14-9)10(17)13-6-12(7-16)4-5-12/h16H,4-7H2,1-3H3,(H,13,17). The van der Waals surface area contributed by atoms with Gasteiger partial charge in [-0.25, -0.2) is 0 Å². The minimum Gasteiger partial charge on any atom is -0.396 e. The highest BCUT2D eigenvalue weighted by Gasteiger charge is 2.42. The Labute approximate surface area is 111 Å². The van der Waals surface area contributed by atoms with Gasteiger partial charge < -0.3 is 10.4 Å². The van der Waals surface area contributed by atoms with Gasteiger partial charge in [-0.15, -0.1) is 5.10 Å². The van der Waals surface area contributed by atoms with Gasteiger partial charge >= 0.3 is 0 Å². The van der Waals surface area contributed by atoms with Crippen LogP contribution in [-0.4, -0.2) is 33.8 Å². The lowest BCUT2D eigenvalue weighted by Crippen LogP contribution is -2.32. The highest BCUT2D eigenvalue weighted by molar-refractivity contribution is 7.08. The summed E-state index contributed by atoms with van der Waals surface area (Å²) in [5.74, 6) is -0.130. The molecule has 5 nitrogen and oxygen atoms in total. The van der Waals surface area contributed by atoms with Crippen LogP contribution in [0.5, 0.6) is 0 Å². The van der Waals surface area contributed by atoms with Gasteiger partial charge in [-0.2, -0.15) is 0 Å². The van der Waals surface area contributed by atoms with Crippen molar-refractivity contribution in [3.05, 3.63) is 10.6 Å². The maximum atomic E-state index is 12.1. The predicted octanol–water partition coefficient (Wildman–Crippen LogP) is 1.34. The molecule has 2 N–H and O–H groups in total. The Hall–Kier alpha value is -1.01. The Morgan fingerprint density at radius 2 is 2.17 bits per heavy atom. The summed E-state index contributed by atoms with van der Waals surface area (Å²) in [6, 6.07) is 0. The summed E-state index contributed by atoms with van der Waals surface area (Å²) in [5, 5.41) is 16.1. The predicted molar refractivity (Wildman–Crippen MR) is 69.7 cm³/mol. The Morgan fingerprint density at radius 1 is 1.50 bits per heavy atom. The molecule has 18 heavy (non-hydrogen) atoms. The molecule has 0 aliphatic heterocycles. The van der Waals surface area contributed by atoms with Crippen LogP contribution in [0.1, 0.15) is 49.0 Å². The SMILES string of the molecule is CC(C)(C)c1nnsc1C(=O)NCC1(CO)CC1. The molecule has 1 saturated carbocycles. The van der Waals surface area contributed by atoms with Gasteiger partial charge in [0, 0.05) is 17.4 Å². The number of carbonyl (C=O) groups excluding carboxylic acids is 1. The average Bonchev–Trinajstić information content (AvgIpc) is 2.90. The van der Waals surface area contributed by atoms with Gasteiger partial charge in [0.2, 0.25) is 0 Å². The topological polar surface area (TPSA) is 75.1 Å². The first kappa shape index (κ1) is 13.4. The number of hydrogen-bond acceptors (Lipinski definition) is 5. The van der Waals surface area contributed by atoms with Crippen LogP contribution in [0.3, 0.4) is 0 Å². The maximum absolute atomic E-state index is 12.1. The molecule has 0 aromatic carbocycles. The van der Waals surface area contributed by atoms with E-state index < -0.39 is 0 Å². The van der Waals surface area contributed by atoms with Gasteiger partial charge in [-0.1, -0.05) is 25.3 Å². The quantitative estimate of drug-likeness (QED) is 0.865. The molecular weight excluding hydrogens is 250 g/mol. The van der Waals surface area contributed by atoms with E-state index in [-0.39, 0.29) is 23.3 Å². The fraction of sp³-hybridized carbons (Fsp3) is 0.750. The van der Waals surface area contributed by atoms with Crippen molar-refractivity contribution in [1.82, 2.24) is 14.9 Å². The maximum Gasteiger partial charge on any atom is 0.264 e. The first-order chi connectivity index (χ1) is 8.38. The normalized spacial score (nSPS) is 17.6. The van der Waals surface area contributed by atoms with Crippen LogP contribution in [0.15, 0.2) is 0 Å². The second-order valence-electron chi connectivity index (χ2n) is 6.04. The lowest BCUT2D eigenvalue weighted by atomic mass is 9.91. The number of rotatable bonds is 4. The summed E-state index contributed by atoms with van der Waals surface area (Å²) in [7, 11) is 0.